The quantitative estimate of drug-likeness (QED) is 0.414. The van der Waals surface area contributed by atoms with Crippen LogP contribution in [0.5, 0.6) is 0 Å². The Bertz CT molecular complexity index is 1190. The maximum Gasteiger partial charge on any atom is 0.416 e. The normalized spacial score (nSPS) is 15.9. The van der Waals surface area contributed by atoms with E-state index in [-0.39, 0.29) is 10.9 Å². The predicted molar refractivity (Wildman–Crippen MR) is 122 cm³/mol. The fraction of sp³-hybridized carbons (Fsp3) is 0.280. The number of likely N-dealkylation sites (tertiary alicyclic amines) is 1. The van der Waals surface area contributed by atoms with Crippen LogP contribution in [-0.4, -0.2) is 32.4 Å². The molecule has 3 aromatic carbocycles. The summed E-state index contributed by atoms with van der Waals surface area (Å²) in [5, 5.41) is 0. The number of halogens is 4. The third-order valence-corrected chi connectivity index (χ3v) is 7.85. The Kier molecular flexibility index (Phi) is 6.95. The molecule has 0 N–H and O–H groups in total. The topological polar surface area (TPSA) is 40.6 Å². The van der Waals surface area contributed by atoms with Gasteiger partial charge in [0, 0.05) is 25.7 Å². The lowest BCUT2D eigenvalue weighted by atomic mass is 10.0. The van der Waals surface area contributed by atoms with Crippen molar-refractivity contribution in [2.24, 2.45) is 0 Å². The fourth-order valence-electron chi connectivity index (χ4n) is 4.21. The van der Waals surface area contributed by atoms with E-state index in [1.165, 1.54) is 52.8 Å². The Hall–Kier alpha value is -2.91. The second-order valence-electron chi connectivity index (χ2n) is 8.29. The number of benzene rings is 3. The zero-order valence-electron chi connectivity index (χ0n) is 18.2. The van der Waals surface area contributed by atoms with Gasteiger partial charge >= 0.3 is 6.18 Å². The fourth-order valence-corrected chi connectivity index (χ4v) is 5.94. The molecule has 0 spiro atoms. The van der Waals surface area contributed by atoms with Crippen molar-refractivity contribution in [3.05, 3.63) is 95.8 Å². The van der Waals surface area contributed by atoms with E-state index in [2.05, 4.69) is 4.90 Å². The van der Waals surface area contributed by atoms with Crippen molar-refractivity contribution in [1.82, 2.24) is 4.90 Å². The van der Waals surface area contributed by atoms with Crippen LogP contribution in [0.15, 0.2) is 83.8 Å². The summed E-state index contributed by atoms with van der Waals surface area (Å²) in [6, 6.07) is 18.3. The van der Waals surface area contributed by atoms with Crippen molar-refractivity contribution < 1.29 is 26.0 Å². The van der Waals surface area contributed by atoms with Gasteiger partial charge in [0.15, 0.2) is 0 Å². The number of anilines is 1. The molecule has 34 heavy (non-hydrogen) atoms. The molecule has 4 nitrogen and oxygen atoms in total. The number of piperidine rings is 1. The molecule has 0 aliphatic carbocycles. The summed E-state index contributed by atoms with van der Waals surface area (Å²) in [5.74, 6) is -0.452. The van der Waals surface area contributed by atoms with Gasteiger partial charge in [0.05, 0.1) is 16.1 Å². The first-order chi connectivity index (χ1) is 16.1. The van der Waals surface area contributed by atoms with E-state index in [0.717, 1.165) is 17.7 Å². The van der Waals surface area contributed by atoms with E-state index < -0.39 is 27.6 Å². The molecule has 0 aromatic heterocycles. The minimum atomic E-state index is -4.37. The minimum Gasteiger partial charge on any atom is -0.299 e. The largest absolute Gasteiger partial charge is 0.416 e. The van der Waals surface area contributed by atoms with Crippen LogP contribution in [0, 0.1) is 5.82 Å². The first-order valence-electron chi connectivity index (χ1n) is 10.9. The van der Waals surface area contributed by atoms with Gasteiger partial charge in [-0.3, -0.25) is 9.21 Å². The van der Waals surface area contributed by atoms with E-state index in [9.17, 15) is 26.0 Å². The summed E-state index contributed by atoms with van der Waals surface area (Å²) >= 11 is 0. The molecule has 9 heteroatoms. The third-order valence-electron chi connectivity index (χ3n) is 5.96. The summed E-state index contributed by atoms with van der Waals surface area (Å²) in [5.41, 5.74) is 0.473. The van der Waals surface area contributed by atoms with Crippen LogP contribution in [0.3, 0.4) is 0 Å². The molecule has 0 saturated carbocycles. The number of nitrogens with zero attached hydrogens (tertiary/aromatic N) is 2. The number of hydrogen-bond donors (Lipinski definition) is 0. The van der Waals surface area contributed by atoms with Crippen LogP contribution in [0.25, 0.3) is 0 Å². The minimum absolute atomic E-state index is 0.159. The zero-order valence-corrected chi connectivity index (χ0v) is 19.1. The van der Waals surface area contributed by atoms with E-state index in [1.54, 1.807) is 18.2 Å². The molecule has 0 bridgehead atoms. The highest BCUT2D eigenvalue weighted by Gasteiger charge is 2.34. The molecular weight excluding hydrogens is 468 g/mol. The van der Waals surface area contributed by atoms with E-state index in [0.29, 0.717) is 38.2 Å². The first-order valence-corrected chi connectivity index (χ1v) is 12.3. The second kappa shape index (κ2) is 9.76. The van der Waals surface area contributed by atoms with Crippen molar-refractivity contribution in [1.29, 1.82) is 0 Å². The zero-order chi connectivity index (χ0) is 24.3. The number of alkyl halides is 3. The van der Waals surface area contributed by atoms with Gasteiger partial charge in [-0.2, -0.15) is 13.2 Å². The summed E-state index contributed by atoms with van der Waals surface area (Å²) in [4.78, 5) is 2.25. The molecule has 0 radical (unpaired) electrons. The Morgan fingerprint density at radius 3 is 2.00 bits per heavy atom. The van der Waals surface area contributed by atoms with Gasteiger partial charge in [-0.15, -0.1) is 0 Å². The van der Waals surface area contributed by atoms with E-state index in [1.807, 2.05) is 0 Å². The predicted octanol–water partition coefficient (Wildman–Crippen LogP) is 5.70. The lowest BCUT2D eigenvalue weighted by molar-refractivity contribution is -0.137. The monoisotopic (exact) mass is 492 g/mol. The van der Waals surface area contributed by atoms with Crippen LogP contribution in [-0.2, 0) is 22.7 Å². The first kappa shape index (κ1) is 24.2. The molecule has 3 aromatic rings. The lowest BCUT2D eigenvalue weighted by Gasteiger charge is -2.39. The molecule has 4 rings (SSSR count). The van der Waals surface area contributed by atoms with Crippen LogP contribution in [0.1, 0.15) is 24.0 Å². The maximum atomic E-state index is 13.5. The number of sulfonamides is 1. The molecule has 0 unspecified atom stereocenters. The standard InChI is InChI=1S/C25H24F4N2O2S/c26-21-10-12-22(13-11-21)31(34(32,33)24-4-2-1-3-5-24)23-14-16-30(17-15-23)18-19-6-8-20(9-7-19)25(27,28)29/h1-13,23H,14-18H2. The molecule has 1 saturated heterocycles. The second-order valence-corrected chi connectivity index (χ2v) is 10.1. The Morgan fingerprint density at radius 1 is 0.853 bits per heavy atom. The van der Waals surface area contributed by atoms with Crippen molar-refractivity contribution in [3.8, 4) is 0 Å². The van der Waals surface area contributed by atoms with Gasteiger partial charge in [-0.1, -0.05) is 30.3 Å². The number of rotatable bonds is 6. The summed E-state index contributed by atoms with van der Waals surface area (Å²) in [7, 11) is -3.88. The Morgan fingerprint density at radius 2 is 1.44 bits per heavy atom. The highest BCUT2D eigenvalue weighted by Crippen LogP contribution is 2.32. The van der Waals surface area contributed by atoms with Crippen molar-refractivity contribution >= 4 is 15.7 Å². The molecule has 180 valence electrons. The van der Waals surface area contributed by atoms with Crippen molar-refractivity contribution in [2.45, 2.75) is 36.5 Å². The van der Waals surface area contributed by atoms with Gasteiger partial charge in [0.1, 0.15) is 5.82 Å². The highest BCUT2D eigenvalue weighted by molar-refractivity contribution is 7.92. The molecule has 1 aliphatic heterocycles. The highest BCUT2D eigenvalue weighted by atomic mass is 32.2. The van der Waals surface area contributed by atoms with Crippen LogP contribution >= 0.6 is 0 Å². The van der Waals surface area contributed by atoms with Crippen LogP contribution in [0.4, 0.5) is 23.2 Å². The third kappa shape index (κ3) is 5.42. The molecule has 1 fully saturated rings. The van der Waals surface area contributed by atoms with Gasteiger partial charge < -0.3 is 0 Å². The smallest absolute Gasteiger partial charge is 0.299 e. The summed E-state index contributed by atoms with van der Waals surface area (Å²) < 4.78 is 80.3. The SMILES string of the molecule is O=S(=O)(c1ccccc1)N(c1ccc(F)cc1)C1CCN(Cc2ccc(C(F)(F)F)cc2)CC1. The van der Waals surface area contributed by atoms with Gasteiger partial charge in [0.2, 0.25) is 0 Å². The van der Waals surface area contributed by atoms with Gasteiger partial charge in [0.25, 0.3) is 10.0 Å². The Labute approximate surface area is 196 Å². The van der Waals surface area contributed by atoms with E-state index >= 15 is 0 Å². The average molecular weight is 493 g/mol. The van der Waals surface area contributed by atoms with E-state index in [4.69, 9.17) is 0 Å². The molecule has 0 atom stereocenters. The Balaban J connectivity index is 1.50. The number of hydrogen-bond acceptors (Lipinski definition) is 3. The molecule has 1 aliphatic rings. The maximum absolute atomic E-state index is 13.5. The van der Waals surface area contributed by atoms with Crippen LogP contribution < -0.4 is 4.31 Å². The average Bonchev–Trinajstić information content (AvgIpc) is 2.82. The van der Waals surface area contributed by atoms with Gasteiger partial charge in [-0.25, -0.2) is 12.8 Å². The van der Waals surface area contributed by atoms with Crippen molar-refractivity contribution in [2.75, 3.05) is 17.4 Å². The summed E-state index contributed by atoms with van der Waals surface area (Å²) in [6.45, 7) is 1.63. The summed E-state index contributed by atoms with van der Waals surface area (Å²) in [6.07, 6.45) is -3.31. The van der Waals surface area contributed by atoms with Crippen molar-refractivity contribution in [3.63, 3.8) is 0 Å². The molecular formula is C25H24F4N2O2S. The molecule has 1 heterocycles. The van der Waals surface area contributed by atoms with Gasteiger partial charge in [-0.05, 0) is 66.9 Å². The van der Waals surface area contributed by atoms with Crippen LogP contribution in [0.2, 0.25) is 0 Å². The molecule has 0 amide bonds. The lowest BCUT2D eigenvalue weighted by Crippen LogP contribution is -2.47.